The average molecular weight is 603 g/mol. The van der Waals surface area contributed by atoms with Gasteiger partial charge in [0.25, 0.3) is 0 Å². The van der Waals surface area contributed by atoms with Crippen molar-refractivity contribution in [3.63, 3.8) is 0 Å². The molecule has 0 bridgehead atoms. The number of hydrogen-bond acceptors (Lipinski definition) is 5. The van der Waals surface area contributed by atoms with Gasteiger partial charge in [-0.05, 0) is 59.2 Å². The van der Waals surface area contributed by atoms with Gasteiger partial charge in [0.1, 0.15) is 11.3 Å². The van der Waals surface area contributed by atoms with Crippen LogP contribution in [0.5, 0.6) is 0 Å². The Morgan fingerprint density at radius 2 is 1.06 bits per heavy atom. The molecular formula is C42H26N4O. The van der Waals surface area contributed by atoms with Crippen LogP contribution in [0, 0.1) is 0 Å². The molecule has 5 heteroatoms. The number of para-hydroxylation sites is 2. The van der Waals surface area contributed by atoms with Gasteiger partial charge in [0, 0.05) is 39.7 Å². The molecule has 0 aliphatic carbocycles. The molecule has 9 aromatic rings. The third kappa shape index (κ3) is 4.73. The predicted octanol–water partition coefficient (Wildman–Crippen LogP) is 10.7. The summed E-state index contributed by atoms with van der Waals surface area (Å²) in [5.41, 5.74) is 12.0. The molecule has 0 amide bonds. The van der Waals surface area contributed by atoms with Crippen molar-refractivity contribution in [1.29, 1.82) is 0 Å². The molecule has 0 aliphatic heterocycles. The van der Waals surface area contributed by atoms with Crippen molar-refractivity contribution in [3.05, 3.63) is 158 Å². The standard InChI is InChI=1S/C42H26N4O/c1-2-11-29(12-3-1)40-42-39(32-13-4-5-18-38(32)47-42)33-15-10-14-31(41(33)46-40)28-21-19-27(20-22-28)30-25-36(34-16-6-8-23-43-34)45-37(26-30)35-17-7-9-24-44-35/h1-26H. The smallest absolute Gasteiger partial charge is 0.162 e. The van der Waals surface area contributed by atoms with Crippen molar-refractivity contribution in [2.24, 2.45) is 0 Å². The fourth-order valence-electron chi connectivity index (χ4n) is 6.36. The Bertz CT molecular complexity index is 2490. The quantitative estimate of drug-likeness (QED) is 0.196. The van der Waals surface area contributed by atoms with Gasteiger partial charge in [-0.15, -0.1) is 0 Å². The summed E-state index contributed by atoms with van der Waals surface area (Å²) in [5.74, 6) is 0. The highest BCUT2D eigenvalue weighted by Gasteiger charge is 2.19. The Hall–Kier alpha value is -6.46. The Balaban J connectivity index is 1.21. The first-order valence-electron chi connectivity index (χ1n) is 15.6. The Morgan fingerprint density at radius 1 is 0.426 bits per heavy atom. The second-order valence-electron chi connectivity index (χ2n) is 11.5. The third-order valence-electron chi connectivity index (χ3n) is 8.60. The summed E-state index contributed by atoms with van der Waals surface area (Å²) in [7, 11) is 0. The van der Waals surface area contributed by atoms with Gasteiger partial charge in [-0.3, -0.25) is 9.97 Å². The van der Waals surface area contributed by atoms with Crippen molar-refractivity contribution in [2.75, 3.05) is 0 Å². The molecule has 0 radical (unpaired) electrons. The molecule has 220 valence electrons. The van der Waals surface area contributed by atoms with Crippen LogP contribution < -0.4 is 0 Å². The normalized spacial score (nSPS) is 11.4. The van der Waals surface area contributed by atoms with Crippen LogP contribution >= 0.6 is 0 Å². The minimum atomic E-state index is 0.802. The van der Waals surface area contributed by atoms with E-state index >= 15 is 0 Å². The van der Waals surface area contributed by atoms with Crippen molar-refractivity contribution in [3.8, 4) is 56.3 Å². The average Bonchev–Trinajstić information content (AvgIpc) is 3.55. The molecular weight excluding hydrogens is 576 g/mol. The molecule has 0 N–H and O–H groups in total. The van der Waals surface area contributed by atoms with E-state index in [1.165, 1.54) is 0 Å². The Morgan fingerprint density at radius 3 is 1.77 bits per heavy atom. The van der Waals surface area contributed by atoms with E-state index in [9.17, 15) is 0 Å². The number of benzene rings is 4. The van der Waals surface area contributed by atoms with Crippen LogP contribution in [0.2, 0.25) is 0 Å². The van der Waals surface area contributed by atoms with E-state index in [4.69, 9.17) is 14.4 Å². The highest BCUT2D eigenvalue weighted by Crippen LogP contribution is 2.42. The monoisotopic (exact) mass is 602 g/mol. The number of hydrogen-bond donors (Lipinski definition) is 0. The molecule has 4 aromatic carbocycles. The van der Waals surface area contributed by atoms with Gasteiger partial charge < -0.3 is 4.42 Å². The number of furan rings is 1. The van der Waals surface area contributed by atoms with Crippen LogP contribution in [0.3, 0.4) is 0 Å². The maximum atomic E-state index is 6.46. The summed E-state index contributed by atoms with van der Waals surface area (Å²) in [6, 6.07) is 49.5. The second-order valence-corrected chi connectivity index (χ2v) is 11.5. The van der Waals surface area contributed by atoms with Gasteiger partial charge in [-0.25, -0.2) is 9.97 Å². The van der Waals surface area contributed by atoms with Crippen molar-refractivity contribution < 1.29 is 4.42 Å². The summed E-state index contributed by atoms with van der Waals surface area (Å²) < 4.78 is 6.46. The van der Waals surface area contributed by atoms with Crippen LogP contribution in [-0.2, 0) is 0 Å². The number of aromatic nitrogens is 4. The van der Waals surface area contributed by atoms with E-state index in [0.717, 1.165) is 89.1 Å². The van der Waals surface area contributed by atoms with Crippen LogP contribution in [-0.4, -0.2) is 19.9 Å². The maximum Gasteiger partial charge on any atom is 0.162 e. The number of pyridine rings is 4. The maximum absolute atomic E-state index is 6.46. The third-order valence-corrected chi connectivity index (χ3v) is 8.60. The zero-order valence-electron chi connectivity index (χ0n) is 25.2. The van der Waals surface area contributed by atoms with Crippen molar-refractivity contribution in [2.45, 2.75) is 0 Å². The molecule has 5 heterocycles. The van der Waals surface area contributed by atoms with Gasteiger partial charge in [-0.1, -0.05) is 103 Å². The Labute approximate surface area is 270 Å². The first-order chi connectivity index (χ1) is 23.3. The molecule has 0 saturated heterocycles. The fraction of sp³-hybridized carbons (Fsp3) is 0. The number of rotatable bonds is 5. The molecule has 0 spiro atoms. The largest absolute Gasteiger partial charge is 0.454 e. The van der Waals surface area contributed by atoms with Crippen molar-refractivity contribution >= 4 is 32.8 Å². The lowest BCUT2D eigenvalue weighted by molar-refractivity contribution is 0.669. The molecule has 9 rings (SSSR count). The first kappa shape index (κ1) is 26.9. The van der Waals surface area contributed by atoms with Crippen molar-refractivity contribution in [1.82, 2.24) is 19.9 Å². The summed E-state index contributed by atoms with van der Waals surface area (Å²) in [4.78, 5) is 19.4. The molecule has 0 fully saturated rings. The van der Waals surface area contributed by atoms with Gasteiger partial charge in [0.2, 0.25) is 0 Å². The van der Waals surface area contributed by atoms with Crippen LogP contribution in [0.4, 0.5) is 0 Å². The topological polar surface area (TPSA) is 64.7 Å². The molecule has 5 nitrogen and oxygen atoms in total. The summed E-state index contributed by atoms with van der Waals surface area (Å²) in [6.07, 6.45) is 3.58. The second kappa shape index (κ2) is 11.2. The molecule has 0 saturated carbocycles. The van der Waals surface area contributed by atoms with Crippen LogP contribution in [0.25, 0.3) is 89.1 Å². The highest BCUT2D eigenvalue weighted by molar-refractivity contribution is 6.22. The first-order valence-corrected chi connectivity index (χ1v) is 15.6. The van der Waals surface area contributed by atoms with E-state index in [1.54, 1.807) is 12.4 Å². The van der Waals surface area contributed by atoms with E-state index in [2.05, 4.69) is 88.8 Å². The molecule has 0 unspecified atom stereocenters. The van der Waals surface area contributed by atoms with Crippen LogP contribution in [0.15, 0.2) is 162 Å². The van der Waals surface area contributed by atoms with E-state index in [-0.39, 0.29) is 0 Å². The summed E-state index contributed by atoms with van der Waals surface area (Å²) in [5, 5.41) is 3.24. The van der Waals surface area contributed by atoms with Gasteiger partial charge >= 0.3 is 0 Å². The van der Waals surface area contributed by atoms with E-state index in [0.29, 0.717) is 0 Å². The highest BCUT2D eigenvalue weighted by atomic mass is 16.3. The summed E-state index contributed by atoms with van der Waals surface area (Å²) >= 11 is 0. The minimum Gasteiger partial charge on any atom is -0.454 e. The molecule has 0 atom stereocenters. The van der Waals surface area contributed by atoms with Gasteiger partial charge in [0.05, 0.1) is 28.3 Å². The lowest BCUT2D eigenvalue weighted by Gasteiger charge is -2.12. The zero-order chi connectivity index (χ0) is 31.2. The molecule has 0 aliphatic rings. The SMILES string of the molecule is c1ccc(-c2nc3c(-c4ccc(-c5cc(-c6ccccn6)nc(-c6ccccn6)c5)cc4)cccc3c3c2oc2ccccc23)cc1. The lowest BCUT2D eigenvalue weighted by atomic mass is 9.95. The molecule has 47 heavy (non-hydrogen) atoms. The van der Waals surface area contributed by atoms with E-state index in [1.807, 2.05) is 66.7 Å². The van der Waals surface area contributed by atoms with Gasteiger partial charge in [0.15, 0.2) is 5.58 Å². The van der Waals surface area contributed by atoms with Gasteiger partial charge in [-0.2, -0.15) is 0 Å². The molecule has 5 aromatic heterocycles. The minimum absolute atomic E-state index is 0.802. The van der Waals surface area contributed by atoms with Crippen LogP contribution in [0.1, 0.15) is 0 Å². The predicted molar refractivity (Wildman–Crippen MR) is 190 cm³/mol. The number of nitrogens with zero attached hydrogens (tertiary/aromatic N) is 4. The zero-order valence-corrected chi connectivity index (χ0v) is 25.2. The van der Waals surface area contributed by atoms with E-state index < -0.39 is 0 Å². The fourth-order valence-corrected chi connectivity index (χ4v) is 6.36. The lowest BCUT2D eigenvalue weighted by Crippen LogP contribution is -1.94. The Kier molecular flexibility index (Phi) is 6.39. The summed E-state index contributed by atoms with van der Waals surface area (Å²) in [6.45, 7) is 0. The number of fused-ring (bicyclic) bond motifs is 5.